The lowest BCUT2D eigenvalue weighted by Gasteiger charge is -2.26. The van der Waals surface area contributed by atoms with Gasteiger partial charge >= 0.3 is 0 Å². The number of nitrogens with two attached hydrogens (primary N) is 1. The summed E-state index contributed by atoms with van der Waals surface area (Å²) in [5.41, 5.74) is 8.89. The van der Waals surface area contributed by atoms with Crippen LogP contribution in [-0.2, 0) is 0 Å². The molecule has 17 heavy (non-hydrogen) atoms. The average molecular weight is 275 g/mol. The smallest absolute Gasteiger partial charge is 0.0493 e. The standard InChI is InChI=1S/C13H18N2.2ClH/c14-12-9-15(10-5-1-2-6-10)13-8-4-3-7-11(12)13;;/h3-4,7-8,10,12H,1-2,5-6,9,14H2;2*1H. The Labute approximate surface area is 115 Å². The van der Waals surface area contributed by atoms with E-state index in [1.807, 2.05) is 0 Å². The molecule has 1 unspecified atom stereocenters. The Morgan fingerprint density at radius 1 is 1.06 bits per heavy atom. The minimum Gasteiger partial charge on any atom is -0.366 e. The molecule has 1 aromatic carbocycles. The van der Waals surface area contributed by atoms with E-state index < -0.39 is 0 Å². The van der Waals surface area contributed by atoms with Gasteiger partial charge in [0.2, 0.25) is 0 Å². The number of anilines is 1. The fourth-order valence-electron chi connectivity index (χ4n) is 3.03. The van der Waals surface area contributed by atoms with Gasteiger partial charge in [-0.1, -0.05) is 31.0 Å². The molecule has 1 aromatic rings. The fraction of sp³-hybridized carbons (Fsp3) is 0.538. The summed E-state index contributed by atoms with van der Waals surface area (Å²) in [6, 6.07) is 9.59. The third-order valence-electron chi connectivity index (χ3n) is 3.80. The number of rotatable bonds is 1. The molecular weight excluding hydrogens is 255 g/mol. The third-order valence-corrected chi connectivity index (χ3v) is 3.80. The number of benzene rings is 1. The molecule has 1 aliphatic carbocycles. The molecule has 0 spiro atoms. The van der Waals surface area contributed by atoms with E-state index in [1.165, 1.54) is 36.9 Å². The summed E-state index contributed by atoms with van der Waals surface area (Å²) >= 11 is 0. The molecule has 2 aliphatic rings. The van der Waals surface area contributed by atoms with Crippen LogP contribution in [0.5, 0.6) is 0 Å². The summed E-state index contributed by atoms with van der Waals surface area (Å²) < 4.78 is 0. The lowest BCUT2D eigenvalue weighted by Crippen LogP contribution is -2.33. The number of nitrogens with zero attached hydrogens (tertiary/aromatic N) is 1. The topological polar surface area (TPSA) is 29.3 Å². The Morgan fingerprint density at radius 3 is 2.41 bits per heavy atom. The molecule has 0 saturated heterocycles. The van der Waals surface area contributed by atoms with Crippen LogP contribution in [0.3, 0.4) is 0 Å². The largest absolute Gasteiger partial charge is 0.366 e. The Hall–Kier alpha value is -0.440. The van der Waals surface area contributed by atoms with Crippen molar-refractivity contribution in [3.8, 4) is 0 Å². The average Bonchev–Trinajstić information content (AvgIpc) is 2.87. The highest BCUT2D eigenvalue weighted by molar-refractivity contribution is 5.85. The molecule has 0 bridgehead atoms. The molecule has 4 heteroatoms. The van der Waals surface area contributed by atoms with E-state index in [0.717, 1.165) is 12.6 Å². The monoisotopic (exact) mass is 274 g/mol. The summed E-state index contributed by atoms with van der Waals surface area (Å²) in [7, 11) is 0. The lowest BCUT2D eigenvalue weighted by molar-refractivity contribution is 0.597. The second-order valence-corrected chi connectivity index (χ2v) is 4.76. The molecular formula is C13H20Cl2N2. The predicted molar refractivity (Wildman–Crippen MR) is 77.5 cm³/mol. The molecule has 2 nitrogen and oxygen atoms in total. The van der Waals surface area contributed by atoms with Crippen molar-refractivity contribution in [3.63, 3.8) is 0 Å². The van der Waals surface area contributed by atoms with Crippen molar-refractivity contribution in [1.29, 1.82) is 0 Å². The van der Waals surface area contributed by atoms with Crippen molar-refractivity contribution in [2.24, 2.45) is 5.73 Å². The van der Waals surface area contributed by atoms with Crippen molar-refractivity contribution < 1.29 is 0 Å². The number of halogens is 2. The highest BCUT2D eigenvalue weighted by Gasteiger charge is 2.31. The highest BCUT2D eigenvalue weighted by atomic mass is 35.5. The van der Waals surface area contributed by atoms with E-state index >= 15 is 0 Å². The summed E-state index contributed by atoms with van der Waals surface area (Å²) in [6.45, 7) is 1.02. The number of hydrogen-bond donors (Lipinski definition) is 1. The van der Waals surface area contributed by atoms with Gasteiger partial charge in [0.05, 0.1) is 0 Å². The zero-order chi connectivity index (χ0) is 10.3. The van der Waals surface area contributed by atoms with Crippen LogP contribution in [-0.4, -0.2) is 12.6 Å². The van der Waals surface area contributed by atoms with Gasteiger partial charge in [-0.25, -0.2) is 0 Å². The van der Waals surface area contributed by atoms with Crippen LogP contribution >= 0.6 is 24.8 Å². The summed E-state index contributed by atoms with van der Waals surface area (Å²) in [6.07, 6.45) is 5.47. The van der Waals surface area contributed by atoms with Crippen LogP contribution in [0.15, 0.2) is 24.3 Å². The lowest BCUT2D eigenvalue weighted by atomic mass is 10.1. The van der Waals surface area contributed by atoms with Crippen LogP contribution in [0.25, 0.3) is 0 Å². The van der Waals surface area contributed by atoms with Gasteiger partial charge in [-0.2, -0.15) is 0 Å². The zero-order valence-corrected chi connectivity index (χ0v) is 11.5. The van der Waals surface area contributed by atoms with Crippen LogP contribution in [0.4, 0.5) is 5.69 Å². The summed E-state index contributed by atoms with van der Waals surface area (Å²) in [5, 5.41) is 0. The molecule has 0 amide bonds. The van der Waals surface area contributed by atoms with Gasteiger partial charge in [0.1, 0.15) is 0 Å². The van der Waals surface area contributed by atoms with E-state index in [1.54, 1.807) is 0 Å². The predicted octanol–water partition coefficient (Wildman–Crippen LogP) is 3.29. The van der Waals surface area contributed by atoms with Gasteiger partial charge in [-0.15, -0.1) is 24.8 Å². The second-order valence-electron chi connectivity index (χ2n) is 4.76. The van der Waals surface area contributed by atoms with E-state index in [2.05, 4.69) is 29.2 Å². The number of para-hydroxylation sites is 1. The van der Waals surface area contributed by atoms with Crippen LogP contribution in [0, 0.1) is 0 Å². The van der Waals surface area contributed by atoms with E-state index in [9.17, 15) is 0 Å². The maximum atomic E-state index is 6.16. The van der Waals surface area contributed by atoms with Crippen molar-refractivity contribution in [2.75, 3.05) is 11.4 Å². The van der Waals surface area contributed by atoms with Crippen molar-refractivity contribution in [1.82, 2.24) is 0 Å². The molecule has 1 aliphatic heterocycles. The quantitative estimate of drug-likeness (QED) is 0.852. The molecule has 1 heterocycles. The third kappa shape index (κ3) is 2.54. The summed E-state index contributed by atoms with van der Waals surface area (Å²) in [5.74, 6) is 0. The van der Waals surface area contributed by atoms with E-state index in [4.69, 9.17) is 5.73 Å². The van der Waals surface area contributed by atoms with Gasteiger partial charge in [0.25, 0.3) is 0 Å². The minimum atomic E-state index is 0. The first-order valence-electron chi connectivity index (χ1n) is 5.97. The normalized spacial score (nSPS) is 22.9. The van der Waals surface area contributed by atoms with Gasteiger partial charge in [0, 0.05) is 24.3 Å². The molecule has 2 N–H and O–H groups in total. The first kappa shape index (κ1) is 14.6. The fourth-order valence-corrected chi connectivity index (χ4v) is 3.03. The molecule has 0 aromatic heterocycles. The maximum Gasteiger partial charge on any atom is 0.0493 e. The number of hydrogen-bond acceptors (Lipinski definition) is 2. The van der Waals surface area contributed by atoms with Gasteiger partial charge in [-0.05, 0) is 24.5 Å². The Morgan fingerprint density at radius 2 is 1.71 bits per heavy atom. The minimum absolute atomic E-state index is 0. The highest BCUT2D eigenvalue weighted by Crippen LogP contribution is 2.38. The SMILES string of the molecule is Cl.Cl.NC1CN(C2CCCC2)c2ccccc21. The van der Waals surface area contributed by atoms with Crippen LogP contribution in [0.1, 0.15) is 37.3 Å². The molecule has 1 saturated carbocycles. The number of fused-ring (bicyclic) bond motifs is 1. The van der Waals surface area contributed by atoms with Crippen molar-refractivity contribution in [3.05, 3.63) is 29.8 Å². The van der Waals surface area contributed by atoms with E-state index in [-0.39, 0.29) is 30.9 Å². The van der Waals surface area contributed by atoms with Crippen molar-refractivity contribution >= 4 is 30.5 Å². The van der Waals surface area contributed by atoms with Gasteiger partial charge in [0.15, 0.2) is 0 Å². The Balaban J connectivity index is 0.000000722. The molecule has 1 fully saturated rings. The van der Waals surface area contributed by atoms with Gasteiger partial charge in [-0.3, -0.25) is 0 Å². The van der Waals surface area contributed by atoms with E-state index in [0.29, 0.717) is 0 Å². The van der Waals surface area contributed by atoms with Crippen LogP contribution in [0.2, 0.25) is 0 Å². The molecule has 0 radical (unpaired) electrons. The first-order chi connectivity index (χ1) is 7.36. The Kier molecular flexibility index (Phi) is 5.11. The Bertz CT molecular complexity index is 364. The van der Waals surface area contributed by atoms with Crippen LogP contribution < -0.4 is 10.6 Å². The molecule has 96 valence electrons. The first-order valence-corrected chi connectivity index (χ1v) is 5.97. The van der Waals surface area contributed by atoms with Gasteiger partial charge < -0.3 is 10.6 Å². The molecule has 3 rings (SSSR count). The molecule has 1 atom stereocenters. The summed E-state index contributed by atoms with van der Waals surface area (Å²) in [4.78, 5) is 2.53. The van der Waals surface area contributed by atoms with Crippen molar-refractivity contribution in [2.45, 2.75) is 37.8 Å². The second kappa shape index (κ2) is 5.94. The zero-order valence-electron chi connectivity index (χ0n) is 9.84. The maximum absolute atomic E-state index is 6.16.